The van der Waals surface area contributed by atoms with Crippen LogP contribution in [0.1, 0.15) is 31.2 Å². The molecular formula is C16H20BrN3O. The molecule has 1 aromatic carbocycles. The standard InChI is InChI=1S/C16H20BrN3O/c1-3-18-14(11-5-6-11)9-15-19-16(20-21-15)12-7-4-10(2)8-13(12)17/h4,7-8,11,14,18H,3,5-6,9H2,1-2H3. The van der Waals surface area contributed by atoms with Crippen LogP contribution in [0.15, 0.2) is 27.2 Å². The fraction of sp³-hybridized carbons (Fsp3) is 0.500. The normalized spacial score (nSPS) is 16.1. The zero-order valence-electron chi connectivity index (χ0n) is 12.4. The van der Waals surface area contributed by atoms with Gasteiger partial charge in [0, 0.05) is 22.5 Å². The molecular weight excluding hydrogens is 330 g/mol. The highest BCUT2D eigenvalue weighted by Gasteiger charge is 2.32. The van der Waals surface area contributed by atoms with E-state index in [4.69, 9.17) is 4.52 Å². The lowest BCUT2D eigenvalue weighted by Gasteiger charge is -2.14. The van der Waals surface area contributed by atoms with E-state index in [1.165, 1.54) is 18.4 Å². The predicted octanol–water partition coefficient (Wildman–Crippen LogP) is 3.74. The quantitative estimate of drug-likeness (QED) is 0.862. The Morgan fingerprint density at radius 3 is 2.90 bits per heavy atom. The molecule has 112 valence electrons. The zero-order valence-corrected chi connectivity index (χ0v) is 14.0. The largest absolute Gasteiger partial charge is 0.339 e. The summed E-state index contributed by atoms with van der Waals surface area (Å²) in [5, 5.41) is 7.65. The van der Waals surface area contributed by atoms with Gasteiger partial charge in [0.1, 0.15) is 0 Å². The molecule has 1 atom stereocenters. The van der Waals surface area contributed by atoms with E-state index in [1.807, 2.05) is 6.07 Å². The van der Waals surface area contributed by atoms with E-state index < -0.39 is 0 Å². The summed E-state index contributed by atoms with van der Waals surface area (Å²) >= 11 is 3.57. The maximum atomic E-state index is 5.44. The number of nitrogens with zero attached hydrogens (tertiary/aromatic N) is 2. The number of likely N-dealkylation sites (N-methyl/N-ethyl adjacent to an activating group) is 1. The fourth-order valence-electron chi connectivity index (χ4n) is 2.60. The van der Waals surface area contributed by atoms with Gasteiger partial charge in [-0.1, -0.05) is 34.1 Å². The van der Waals surface area contributed by atoms with Gasteiger partial charge in [-0.05, 0) is 49.9 Å². The molecule has 0 radical (unpaired) electrons. The lowest BCUT2D eigenvalue weighted by atomic mass is 10.1. The lowest BCUT2D eigenvalue weighted by Crippen LogP contribution is -2.33. The van der Waals surface area contributed by atoms with Crippen LogP contribution in [0.5, 0.6) is 0 Å². The van der Waals surface area contributed by atoms with Crippen molar-refractivity contribution in [2.24, 2.45) is 5.92 Å². The Morgan fingerprint density at radius 2 is 2.24 bits per heavy atom. The first-order chi connectivity index (χ1) is 10.2. The Kier molecular flexibility index (Phi) is 4.40. The van der Waals surface area contributed by atoms with Crippen LogP contribution in [0.2, 0.25) is 0 Å². The molecule has 5 heteroatoms. The van der Waals surface area contributed by atoms with E-state index in [0.29, 0.717) is 11.9 Å². The van der Waals surface area contributed by atoms with Crippen LogP contribution in [0.3, 0.4) is 0 Å². The van der Waals surface area contributed by atoms with Crippen molar-refractivity contribution >= 4 is 15.9 Å². The van der Waals surface area contributed by atoms with E-state index >= 15 is 0 Å². The molecule has 1 aliphatic rings. The SMILES string of the molecule is CCNC(Cc1nc(-c2ccc(C)cc2Br)no1)C1CC1. The number of halogens is 1. The first-order valence-electron chi connectivity index (χ1n) is 7.50. The minimum atomic E-state index is 0.463. The highest BCUT2D eigenvalue weighted by molar-refractivity contribution is 9.10. The maximum Gasteiger partial charge on any atom is 0.228 e. The second-order valence-electron chi connectivity index (χ2n) is 5.70. The molecule has 1 N–H and O–H groups in total. The van der Waals surface area contributed by atoms with E-state index in [2.05, 4.69) is 57.4 Å². The van der Waals surface area contributed by atoms with E-state index in [0.717, 1.165) is 34.8 Å². The highest BCUT2D eigenvalue weighted by atomic mass is 79.9. The number of nitrogens with one attached hydrogen (secondary N) is 1. The van der Waals surface area contributed by atoms with E-state index in [1.54, 1.807) is 0 Å². The Hall–Kier alpha value is -1.20. The molecule has 1 saturated carbocycles. The third-order valence-corrected chi connectivity index (χ3v) is 4.54. The second-order valence-corrected chi connectivity index (χ2v) is 6.56. The van der Waals surface area contributed by atoms with Gasteiger partial charge < -0.3 is 9.84 Å². The molecule has 0 saturated heterocycles. The first kappa shape index (κ1) is 14.7. The minimum absolute atomic E-state index is 0.463. The molecule has 0 spiro atoms. The third kappa shape index (κ3) is 3.52. The molecule has 1 fully saturated rings. The number of rotatable bonds is 6. The smallest absolute Gasteiger partial charge is 0.228 e. The van der Waals surface area contributed by atoms with Crippen molar-refractivity contribution in [1.82, 2.24) is 15.5 Å². The molecule has 1 aromatic heterocycles. The van der Waals surface area contributed by atoms with Crippen LogP contribution in [-0.4, -0.2) is 22.7 Å². The summed E-state index contributed by atoms with van der Waals surface area (Å²) in [6, 6.07) is 6.61. The van der Waals surface area contributed by atoms with Crippen LogP contribution < -0.4 is 5.32 Å². The molecule has 1 unspecified atom stereocenters. The van der Waals surface area contributed by atoms with Gasteiger partial charge in [0.2, 0.25) is 11.7 Å². The molecule has 0 bridgehead atoms. The highest BCUT2D eigenvalue weighted by Crippen LogP contribution is 2.34. The number of benzene rings is 1. The van der Waals surface area contributed by atoms with Gasteiger partial charge in [-0.15, -0.1) is 0 Å². The summed E-state index contributed by atoms with van der Waals surface area (Å²) in [5.41, 5.74) is 2.18. The van der Waals surface area contributed by atoms with Crippen molar-refractivity contribution in [3.8, 4) is 11.4 Å². The van der Waals surface area contributed by atoms with Crippen molar-refractivity contribution in [3.05, 3.63) is 34.1 Å². The second kappa shape index (κ2) is 6.28. The van der Waals surface area contributed by atoms with Crippen molar-refractivity contribution in [1.29, 1.82) is 0 Å². The Bertz CT molecular complexity index is 622. The average Bonchev–Trinajstić information content (AvgIpc) is 3.19. The molecule has 0 aliphatic heterocycles. The van der Waals surface area contributed by atoms with Crippen LogP contribution in [0, 0.1) is 12.8 Å². The monoisotopic (exact) mass is 349 g/mol. The Morgan fingerprint density at radius 1 is 1.43 bits per heavy atom. The molecule has 1 aliphatic carbocycles. The summed E-state index contributed by atoms with van der Waals surface area (Å²) in [5.74, 6) is 2.14. The summed E-state index contributed by atoms with van der Waals surface area (Å²) in [7, 11) is 0. The number of aryl methyl sites for hydroxylation is 1. The van der Waals surface area contributed by atoms with Gasteiger partial charge >= 0.3 is 0 Å². The van der Waals surface area contributed by atoms with Crippen molar-refractivity contribution in [2.45, 2.75) is 39.2 Å². The number of hydrogen-bond donors (Lipinski definition) is 1. The van der Waals surface area contributed by atoms with Gasteiger partial charge in [-0.3, -0.25) is 0 Å². The topological polar surface area (TPSA) is 51.0 Å². The van der Waals surface area contributed by atoms with E-state index in [9.17, 15) is 0 Å². The average molecular weight is 350 g/mol. The van der Waals surface area contributed by atoms with Gasteiger partial charge in [0.05, 0.1) is 0 Å². The van der Waals surface area contributed by atoms with Crippen molar-refractivity contribution in [2.75, 3.05) is 6.54 Å². The molecule has 2 aromatic rings. The maximum absolute atomic E-state index is 5.44. The van der Waals surface area contributed by atoms with Gasteiger partial charge in [0.15, 0.2) is 0 Å². The summed E-state index contributed by atoms with van der Waals surface area (Å²) in [6.07, 6.45) is 3.43. The van der Waals surface area contributed by atoms with Gasteiger partial charge in [-0.25, -0.2) is 0 Å². The van der Waals surface area contributed by atoms with Gasteiger partial charge in [-0.2, -0.15) is 4.98 Å². The molecule has 3 rings (SSSR count). The lowest BCUT2D eigenvalue weighted by molar-refractivity contribution is 0.348. The predicted molar refractivity (Wildman–Crippen MR) is 86.1 cm³/mol. The fourth-order valence-corrected chi connectivity index (χ4v) is 3.27. The van der Waals surface area contributed by atoms with Crippen molar-refractivity contribution in [3.63, 3.8) is 0 Å². The third-order valence-electron chi connectivity index (χ3n) is 3.89. The first-order valence-corrected chi connectivity index (χ1v) is 8.29. The van der Waals surface area contributed by atoms with Crippen LogP contribution >= 0.6 is 15.9 Å². The Labute approximate surface area is 133 Å². The molecule has 21 heavy (non-hydrogen) atoms. The van der Waals surface area contributed by atoms with Gasteiger partial charge in [0.25, 0.3) is 0 Å². The minimum Gasteiger partial charge on any atom is -0.339 e. The summed E-state index contributed by atoms with van der Waals surface area (Å²) < 4.78 is 6.44. The summed E-state index contributed by atoms with van der Waals surface area (Å²) in [6.45, 7) is 5.18. The Balaban J connectivity index is 1.76. The molecule has 1 heterocycles. The molecule has 4 nitrogen and oxygen atoms in total. The van der Waals surface area contributed by atoms with Crippen molar-refractivity contribution < 1.29 is 4.52 Å². The van der Waals surface area contributed by atoms with Crippen LogP contribution in [0.25, 0.3) is 11.4 Å². The number of aromatic nitrogens is 2. The zero-order chi connectivity index (χ0) is 14.8. The summed E-state index contributed by atoms with van der Waals surface area (Å²) in [4.78, 5) is 4.56. The van der Waals surface area contributed by atoms with Crippen LogP contribution in [0.4, 0.5) is 0 Å². The van der Waals surface area contributed by atoms with Crippen LogP contribution in [-0.2, 0) is 6.42 Å². The number of hydrogen-bond acceptors (Lipinski definition) is 4. The molecule has 0 amide bonds. The van der Waals surface area contributed by atoms with E-state index in [-0.39, 0.29) is 0 Å².